The van der Waals surface area contributed by atoms with Crippen LogP contribution < -0.4 is 4.74 Å². The highest BCUT2D eigenvalue weighted by Gasteiger charge is 2.17. The van der Waals surface area contributed by atoms with Gasteiger partial charge in [0.2, 0.25) is 0 Å². The van der Waals surface area contributed by atoms with Crippen LogP contribution in [0.25, 0.3) is 0 Å². The van der Waals surface area contributed by atoms with E-state index in [2.05, 4.69) is 18.8 Å². The van der Waals surface area contributed by atoms with Gasteiger partial charge in [-0.3, -0.25) is 4.98 Å². The Labute approximate surface area is 110 Å². The summed E-state index contributed by atoms with van der Waals surface area (Å²) >= 11 is 0. The van der Waals surface area contributed by atoms with Crippen molar-refractivity contribution < 1.29 is 9.84 Å². The summed E-state index contributed by atoms with van der Waals surface area (Å²) in [5.41, 5.74) is 3.02. The highest BCUT2D eigenvalue weighted by Crippen LogP contribution is 2.25. The van der Waals surface area contributed by atoms with Crippen LogP contribution in [0.1, 0.15) is 43.5 Å². The van der Waals surface area contributed by atoms with Crippen molar-refractivity contribution >= 4 is 0 Å². The molecule has 0 fully saturated rings. The van der Waals surface area contributed by atoms with Gasteiger partial charge in [-0.15, -0.1) is 0 Å². The Hall–Kier alpha value is -1.09. The molecule has 0 radical (unpaired) electrons. The highest BCUT2D eigenvalue weighted by molar-refractivity contribution is 5.41. The van der Waals surface area contributed by atoms with E-state index < -0.39 is 0 Å². The van der Waals surface area contributed by atoms with E-state index in [1.54, 1.807) is 7.11 Å². The van der Waals surface area contributed by atoms with Gasteiger partial charge in [0.1, 0.15) is 5.75 Å². The Bertz CT molecular complexity index is 390. The van der Waals surface area contributed by atoms with Crippen LogP contribution in [0.15, 0.2) is 6.20 Å². The molecule has 2 atom stereocenters. The molecule has 1 aromatic heterocycles. The Morgan fingerprint density at radius 2 is 2.06 bits per heavy atom. The molecule has 0 saturated carbocycles. The predicted octanol–water partition coefficient (Wildman–Crippen LogP) is 3.05. The van der Waals surface area contributed by atoms with E-state index in [4.69, 9.17) is 4.74 Å². The maximum absolute atomic E-state index is 10.2. The van der Waals surface area contributed by atoms with E-state index in [1.807, 2.05) is 20.0 Å². The lowest BCUT2D eigenvalue weighted by Crippen LogP contribution is -2.21. The number of aliphatic hydroxyl groups excluding tert-OH is 1. The van der Waals surface area contributed by atoms with E-state index in [0.717, 1.165) is 35.4 Å². The first-order valence-electron chi connectivity index (χ1n) is 6.68. The Balaban J connectivity index is 2.85. The molecule has 18 heavy (non-hydrogen) atoms. The van der Waals surface area contributed by atoms with Crippen molar-refractivity contribution in [1.29, 1.82) is 0 Å². The first-order chi connectivity index (χ1) is 8.51. The zero-order valence-corrected chi connectivity index (χ0v) is 12.2. The Morgan fingerprint density at radius 1 is 1.39 bits per heavy atom. The molecule has 0 aliphatic carbocycles. The minimum absolute atomic E-state index is 0.309. The smallest absolute Gasteiger partial charge is 0.128 e. The van der Waals surface area contributed by atoms with Crippen molar-refractivity contribution in [3.63, 3.8) is 0 Å². The van der Waals surface area contributed by atoms with Crippen molar-refractivity contribution in [2.45, 2.75) is 53.1 Å². The van der Waals surface area contributed by atoms with E-state index in [0.29, 0.717) is 12.3 Å². The van der Waals surface area contributed by atoms with Crippen molar-refractivity contribution in [1.82, 2.24) is 4.98 Å². The van der Waals surface area contributed by atoms with Crippen LogP contribution in [0.5, 0.6) is 5.75 Å². The number of methoxy groups -OCH3 is 1. The molecule has 0 amide bonds. The average Bonchev–Trinajstić information content (AvgIpc) is 2.33. The zero-order valence-electron chi connectivity index (χ0n) is 12.2. The number of aromatic nitrogens is 1. The lowest BCUT2D eigenvalue weighted by molar-refractivity contribution is 0.110. The third kappa shape index (κ3) is 3.45. The monoisotopic (exact) mass is 251 g/mol. The number of nitrogens with zero attached hydrogens (tertiary/aromatic N) is 1. The van der Waals surface area contributed by atoms with Crippen LogP contribution in [0.3, 0.4) is 0 Å². The second-order valence-corrected chi connectivity index (χ2v) is 5.08. The first kappa shape index (κ1) is 15.0. The molecule has 1 rings (SSSR count). The second-order valence-electron chi connectivity index (χ2n) is 5.08. The lowest BCUT2D eigenvalue weighted by Gasteiger charge is -2.19. The minimum atomic E-state index is -0.330. The fourth-order valence-corrected chi connectivity index (χ4v) is 2.32. The maximum Gasteiger partial charge on any atom is 0.128 e. The summed E-state index contributed by atoms with van der Waals surface area (Å²) in [7, 11) is 1.68. The number of hydrogen-bond acceptors (Lipinski definition) is 3. The van der Waals surface area contributed by atoms with Crippen LogP contribution in [0.2, 0.25) is 0 Å². The summed E-state index contributed by atoms with van der Waals surface area (Å²) in [5, 5.41) is 10.2. The molecular weight excluding hydrogens is 226 g/mol. The summed E-state index contributed by atoms with van der Waals surface area (Å²) in [4.78, 5) is 4.43. The molecule has 0 aliphatic rings. The molecule has 0 aliphatic heterocycles. The van der Waals surface area contributed by atoms with Gasteiger partial charge in [-0.05, 0) is 26.2 Å². The van der Waals surface area contributed by atoms with Gasteiger partial charge in [0.15, 0.2) is 0 Å². The van der Waals surface area contributed by atoms with Crippen molar-refractivity contribution in [2.75, 3.05) is 7.11 Å². The quantitative estimate of drug-likeness (QED) is 0.845. The normalized spacial score (nSPS) is 14.3. The predicted molar refractivity (Wildman–Crippen MR) is 74.0 cm³/mol. The Morgan fingerprint density at radius 3 is 2.61 bits per heavy atom. The number of pyridine rings is 1. The van der Waals surface area contributed by atoms with Crippen LogP contribution in [0.4, 0.5) is 0 Å². The summed E-state index contributed by atoms with van der Waals surface area (Å²) in [6.45, 7) is 8.22. The number of aryl methyl sites for hydroxylation is 1. The number of rotatable bonds is 6. The average molecular weight is 251 g/mol. The standard InChI is InChI=1S/C15H25NO2/c1-6-7-10(2)14(17)8-13-12(4)15(18-5)11(3)9-16-13/h9-10,14,17H,6-8H2,1-5H3. The maximum atomic E-state index is 10.2. The third-order valence-corrected chi connectivity index (χ3v) is 3.55. The van der Waals surface area contributed by atoms with Crippen molar-refractivity contribution in [3.05, 3.63) is 23.0 Å². The fraction of sp³-hybridized carbons (Fsp3) is 0.667. The molecule has 0 aromatic carbocycles. The zero-order chi connectivity index (χ0) is 13.7. The largest absolute Gasteiger partial charge is 0.496 e. The molecule has 0 spiro atoms. The molecule has 2 unspecified atom stereocenters. The molecular formula is C15H25NO2. The van der Waals surface area contributed by atoms with Gasteiger partial charge in [0, 0.05) is 29.4 Å². The summed E-state index contributed by atoms with van der Waals surface area (Å²) in [6.07, 6.45) is 4.23. The molecule has 0 saturated heterocycles. The number of aliphatic hydroxyl groups is 1. The van der Waals surface area contributed by atoms with E-state index in [1.165, 1.54) is 0 Å². The van der Waals surface area contributed by atoms with Crippen molar-refractivity contribution in [2.24, 2.45) is 5.92 Å². The van der Waals surface area contributed by atoms with Crippen LogP contribution in [-0.4, -0.2) is 23.3 Å². The van der Waals surface area contributed by atoms with Gasteiger partial charge in [-0.25, -0.2) is 0 Å². The summed E-state index contributed by atoms with van der Waals surface area (Å²) in [6, 6.07) is 0. The second kappa shape index (κ2) is 6.74. The number of ether oxygens (including phenoxy) is 1. The van der Waals surface area contributed by atoms with Gasteiger partial charge in [0.05, 0.1) is 13.2 Å². The van der Waals surface area contributed by atoms with E-state index >= 15 is 0 Å². The topological polar surface area (TPSA) is 42.4 Å². The summed E-state index contributed by atoms with van der Waals surface area (Å²) < 4.78 is 5.38. The molecule has 0 bridgehead atoms. The van der Waals surface area contributed by atoms with Gasteiger partial charge in [-0.1, -0.05) is 20.3 Å². The molecule has 3 nitrogen and oxygen atoms in total. The van der Waals surface area contributed by atoms with Crippen LogP contribution >= 0.6 is 0 Å². The SMILES string of the molecule is CCCC(C)C(O)Cc1ncc(C)c(OC)c1C. The molecule has 102 valence electrons. The van der Waals surface area contributed by atoms with E-state index in [9.17, 15) is 5.11 Å². The Kier molecular flexibility index (Phi) is 5.60. The van der Waals surface area contributed by atoms with Gasteiger partial charge < -0.3 is 9.84 Å². The van der Waals surface area contributed by atoms with Crippen molar-refractivity contribution in [3.8, 4) is 5.75 Å². The fourth-order valence-electron chi connectivity index (χ4n) is 2.32. The molecule has 1 aromatic rings. The van der Waals surface area contributed by atoms with Crippen LogP contribution in [0, 0.1) is 19.8 Å². The summed E-state index contributed by atoms with van der Waals surface area (Å²) in [5.74, 6) is 1.19. The van der Waals surface area contributed by atoms with E-state index in [-0.39, 0.29) is 6.10 Å². The molecule has 3 heteroatoms. The van der Waals surface area contributed by atoms with Gasteiger partial charge >= 0.3 is 0 Å². The number of hydrogen-bond donors (Lipinski definition) is 1. The van der Waals surface area contributed by atoms with Gasteiger partial charge in [-0.2, -0.15) is 0 Å². The minimum Gasteiger partial charge on any atom is -0.496 e. The third-order valence-electron chi connectivity index (χ3n) is 3.55. The highest BCUT2D eigenvalue weighted by atomic mass is 16.5. The lowest BCUT2D eigenvalue weighted by atomic mass is 9.94. The van der Waals surface area contributed by atoms with Gasteiger partial charge in [0.25, 0.3) is 0 Å². The molecule has 1 N–H and O–H groups in total. The molecule has 1 heterocycles. The van der Waals surface area contributed by atoms with Crippen LogP contribution in [-0.2, 0) is 6.42 Å². The first-order valence-corrected chi connectivity index (χ1v) is 6.68.